The number of nitrogens with one attached hydrogen (secondary N) is 1. The number of anilines is 1. The molecule has 0 unspecified atom stereocenters. The largest absolute Gasteiger partial charge is 0.462 e. The minimum atomic E-state index is -0.408. The minimum Gasteiger partial charge on any atom is -0.462 e. The first-order valence-corrected chi connectivity index (χ1v) is 7.20. The zero-order valence-corrected chi connectivity index (χ0v) is 11.8. The van der Waals surface area contributed by atoms with Gasteiger partial charge in [0.1, 0.15) is 5.00 Å². The highest BCUT2D eigenvalue weighted by Crippen LogP contribution is 2.24. The SMILES string of the molecule is CCOC(=O)c1ccsc1NC(=O)CCCCCl. The predicted molar refractivity (Wildman–Crippen MR) is 73.5 cm³/mol. The van der Waals surface area contributed by atoms with E-state index in [0.29, 0.717) is 29.5 Å². The molecule has 1 N–H and O–H groups in total. The number of halogens is 1. The molecule has 0 spiro atoms. The van der Waals surface area contributed by atoms with Crippen LogP contribution in [0.4, 0.5) is 5.00 Å². The molecule has 6 heteroatoms. The van der Waals surface area contributed by atoms with Crippen molar-refractivity contribution in [1.29, 1.82) is 0 Å². The Balaban J connectivity index is 2.54. The van der Waals surface area contributed by atoms with Gasteiger partial charge in [0.2, 0.25) is 5.91 Å². The lowest BCUT2D eigenvalue weighted by atomic mass is 10.2. The zero-order valence-electron chi connectivity index (χ0n) is 10.2. The maximum absolute atomic E-state index is 11.6. The molecule has 0 aliphatic carbocycles. The number of amides is 1. The van der Waals surface area contributed by atoms with Crippen molar-refractivity contribution in [2.24, 2.45) is 0 Å². The van der Waals surface area contributed by atoms with E-state index in [1.807, 2.05) is 0 Å². The fourth-order valence-electron chi connectivity index (χ4n) is 1.34. The van der Waals surface area contributed by atoms with Crippen molar-refractivity contribution >= 4 is 39.8 Å². The van der Waals surface area contributed by atoms with Crippen LogP contribution in [0.5, 0.6) is 0 Å². The highest BCUT2D eigenvalue weighted by atomic mass is 35.5. The number of thiophene rings is 1. The van der Waals surface area contributed by atoms with Crippen LogP contribution >= 0.6 is 22.9 Å². The van der Waals surface area contributed by atoms with Crippen molar-refractivity contribution in [1.82, 2.24) is 0 Å². The average molecular weight is 290 g/mol. The van der Waals surface area contributed by atoms with E-state index >= 15 is 0 Å². The number of ether oxygens (including phenoxy) is 1. The molecule has 4 nitrogen and oxygen atoms in total. The summed E-state index contributed by atoms with van der Waals surface area (Å²) in [5.74, 6) is 0.0447. The normalized spacial score (nSPS) is 10.1. The molecule has 1 amide bonds. The number of rotatable bonds is 7. The lowest BCUT2D eigenvalue weighted by molar-refractivity contribution is -0.116. The predicted octanol–water partition coefficient (Wildman–Crippen LogP) is 3.27. The van der Waals surface area contributed by atoms with Gasteiger partial charge in [0.25, 0.3) is 0 Å². The molecule has 1 heterocycles. The Bertz CT molecular complexity index is 406. The number of carbonyl (C=O) groups excluding carboxylic acids is 2. The Morgan fingerprint density at radius 3 is 2.89 bits per heavy atom. The van der Waals surface area contributed by atoms with Crippen LogP contribution in [0, 0.1) is 0 Å². The molecule has 0 saturated carbocycles. The summed E-state index contributed by atoms with van der Waals surface area (Å²) in [4.78, 5) is 23.2. The summed E-state index contributed by atoms with van der Waals surface area (Å²) >= 11 is 6.85. The molecular formula is C12H16ClNO3S. The number of alkyl halides is 1. The Morgan fingerprint density at radius 2 is 2.22 bits per heavy atom. The molecule has 0 radical (unpaired) electrons. The third-order valence-electron chi connectivity index (χ3n) is 2.20. The maximum Gasteiger partial charge on any atom is 0.341 e. The first-order valence-electron chi connectivity index (χ1n) is 5.79. The Labute approximate surface area is 115 Å². The van der Waals surface area contributed by atoms with Crippen LogP contribution in [-0.2, 0) is 9.53 Å². The van der Waals surface area contributed by atoms with Crippen molar-refractivity contribution in [2.45, 2.75) is 26.2 Å². The van der Waals surface area contributed by atoms with Gasteiger partial charge in [0.05, 0.1) is 12.2 Å². The van der Waals surface area contributed by atoms with E-state index in [9.17, 15) is 9.59 Å². The van der Waals surface area contributed by atoms with Crippen molar-refractivity contribution in [3.8, 4) is 0 Å². The first kappa shape index (κ1) is 15.0. The second-order valence-electron chi connectivity index (χ2n) is 3.58. The first-order chi connectivity index (χ1) is 8.69. The second-order valence-corrected chi connectivity index (χ2v) is 4.87. The van der Waals surface area contributed by atoms with Gasteiger partial charge < -0.3 is 10.1 Å². The van der Waals surface area contributed by atoms with Crippen LogP contribution < -0.4 is 5.32 Å². The molecule has 1 aromatic rings. The van der Waals surface area contributed by atoms with E-state index < -0.39 is 5.97 Å². The molecule has 0 aromatic carbocycles. The summed E-state index contributed by atoms with van der Waals surface area (Å²) in [6, 6.07) is 1.65. The molecule has 100 valence electrons. The van der Waals surface area contributed by atoms with E-state index in [1.165, 1.54) is 11.3 Å². The molecule has 18 heavy (non-hydrogen) atoms. The number of carbonyl (C=O) groups is 2. The molecule has 0 fully saturated rings. The minimum absolute atomic E-state index is 0.104. The third kappa shape index (κ3) is 4.66. The molecular weight excluding hydrogens is 274 g/mol. The van der Waals surface area contributed by atoms with Crippen LogP contribution in [0.25, 0.3) is 0 Å². The van der Waals surface area contributed by atoms with E-state index in [0.717, 1.165) is 12.8 Å². The molecule has 1 aromatic heterocycles. The Kier molecular flexibility index (Phi) is 6.75. The van der Waals surface area contributed by atoms with Crippen molar-refractivity contribution in [3.05, 3.63) is 17.0 Å². The van der Waals surface area contributed by atoms with Gasteiger partial charge in [-0.25, -0.2) is 4.79 Å². The molecule has 1 rings (SSSR count). The van der Waals surface area contributed by atoms with Crippen molar-refractivity contribution < 1.29 is 14.3 Å². The van der Waals surface area contributed by atoms with Crippen molar-refractivity contribution in [3.63, 3.8) is 0 Å². The van der Waals surface area contributed by atoms with Gasteiger partial charge >= 0.3 is 5.97 Å². The van der Waals surface area contributed by atoms with E-state index in [-0.39, 0.29) is 5.91 Å². The quantitative estimate of drug-likeness (QED) is 0.476. The van der Waals surface area contributed by atoms with Crippen LogP contribution in [0.15, 0.2) is 11.4 Å². The number of hydrogen-bond donors (Lipinski definition) is 1. The summed E-state index contributed by atoms with van der Waals surface area (Å²) in [6.45, 7) is 2.06. The van der Waals surface area contributed by atoms with Crippen LogP contribution in [-0.4, -0.2) is 24.4 Å². The topological polar surface area (TPSA) is 55.4 Å². The summed E-state index contributed by atoms with van der Waals surface area (Å²) in [5.41, 5.74) is 0.410. The number of esters is 1. The fraction of sp³-hybridized carbons (Fsp3) is 0.500. The number of unbranched alkanes of at least 4 members (excludes halogenated alkanes) is 1. The highest BCUT2D eigenvalue weighted by molar-refractivity contribution is 7.14. The Morgan fingerprint density at radius 1 is 1.44 bits per heavy atom. The third-order valence-corrected chi connectivity index (χ3v) is 3.30. The number of hydrogen-bond acceptors (Lipinski definition) is 4. The van der Waals surface area contributed by atoms with Gasteiger partial charge in [-0.05, 0) is 31.2 Å². The molecule has 0 bridgehead atoms. The molecule has 0 saturated heterocycles. The zero-order chi connectivity index (χ0) is 13.4. The van der Waals surface area contributed by atoms with Crippen LogP contribution in [0.2, 0.25) is 0 Å². The fourth-order valence-corrected chi connectivity index (χ4v) is 2.33. The van der Waals surface area contributed by atoms with Gasteiger partial charge in [0, 0.05) is 12.3 Å². The van der Waals surface area contributed by atoms with Gasteiger partial charge in [-0.3, -0.25) is 4.79 Å². The lowest BCUT2D eigenvalue weighted by Gasteiger charge is -2.05. The molecule has 0 aliphatic heterocycles. The van der Waals surface area contributed by atoms with E-state index in [2.05, 4.69) is 5.32 Å². The van der Waals surface area contributed by atoms with Crippen molar-refractivity contribution in [2.75, 3.05) is 17.8 Å². The van der Waals surface area contributed by atoms with Gasteiger partial charge in [-0.15, -0.1) is 22.9 Å². The van der Waals surface area contributed by atoms with Gasteiger partial charge in [0.15, 0.2) is 0 Å². The Hall–Kier alpha value is -1.07. The van der Waals surface area contributed by atoms with E-state index in [4.69, 9.17) is 16.3 Å². The standard InChI is InChI=1S/C12H16ClNO3S/c1-2-17-12(16)9-6-8-18-11(9)14-10(15)5-3-4-7-13/h6,8H,2-5,7H2,1H3,(H,14,15). The molecule has 0 atom stereocenters. The smallest absolute Gasteiger partial charge is 0.341 e. The summed E-state index contributed by atoms with van der Waals surface area (Å²) < 4.78 is 4.91. The van der Waals surface area contributed by atoms with E-state index in [1.54, 1.807) is 18.4 Å². The summed E-state index contributed by atoms with van der Waals surface area (Å²) in [5, 5.41) is 5.02. The van der Waals surface area contributed by atoms with Gasteiger partial charge in [-0.2, -0.15) is 0 Å². The second kappa shape index (κ2) is 8.11. The lowest BCUT2D eigenvalue weighted by Crippen LogP contribution is -2.13. The monoisotopic (exact) mass is 289 g/mol. The molecule has 0 aliphatic rings. The highest BCUT2D eigenvalue weighted by Gasteiger charge is 2.15. The van der Waals surface area contributed by atoms with Crippen LogP contribution in [0.3, 0.4) is 0 Å². The maximum atomic E-state index is 11.6. The summed E-state index contributed by atoms with van der Waals surface area (Å²) in [6.07, 6.45) is 1.96. The van der Waals surface area contributed by atoms with Gasteiger partial charge in [-0.1, -0.05) is 0 Å². The summed E-state index contributed by atoms with van der Waals surface area (Å²) in [7, 11) is 0. The van der Waals surface area contributed by atoms with Crippen LogP contribution in [0.1, 0.15) is 36.5 Å². The average Bonchev–Trinajstić information content (AvgIpc) is 2.78.